The second-order valence-electron chi connectivity index (χ2n) is 7.22. The van der Waals surface area contributed by atoms with Crippen molar-refractivity contribution in [1.29, 1.82) is 0 Å². The molecule has 1 amide bonds. The first-order chi connectivity index (χ1) is 14.4. The van der Waals surface area contributed by atoms with Crippen LogP contribution >= 0.6 is 11.6 Å². The van der Waals surface area contributed by atoms with Gasteiger partial charge in [0.25, 0.3) is 0 Å². The van der Waals surface area contributed by atoms with E-state index < -0.39 is 0 Å². The number of hydrogen-bond acceptors (Lipinski definition) is 5. The lowest BCUT2D eigenvalue weighted by Crippen LogP contribution is -2.24. The summed E-state index contributed by atoms with van der Waals surface area (Å²) in [5.74, 6) is 1.09. The highest BCUT2D eigenvalue weighted by atomic mass is 35.5. The van der Waals surface area contributed by atoms with E-state index in [2.05, 4.69) is 10.1 Å². The van der Waals surface area contributed by atoms with E-state index in [1.165, 1.54) is 11.9 Å². The number of benzene rings is 2. The number of halogens is 1. The number of carbonyl (C=O) groups excluding carboxylic acids is 1. The third kappa shape index (κ3) is 3.48. The lowest BCUT2D eigenvalue weighted by Gasteiger charge is -2.21. The van der Waals surface area contributed by atoms with Gasteiger partial charge in [-0.25, -0.2) is 9.99 Å². The predicted octanol–water partition coefficient (Wildman–Crippen LogP) is 4.91. The molecule has 2 aromatic carbocycles. The van der Waals surface area contributed by atoms with Crippen molar-refractivity contribution in [2.24, 2.45) is 5.10 Å². The van der Waals surface area contributed by atoms with Crippen molar-refractivity contribution in [2.45, 2.75) is 26.3 Å². The van der Waals surface area contributed by atoms with Gasteiger partial charge in [0.1, 0.15) is 5.15 Å². The largest absolute Gasteiger partial charge is 0.493 e. The fourth-order valence-corrected chi connectivity index (χ4v) is 4.07. The average Bonchev–Trinajstić information content (AvgIpc) is 3.19. The summed E-state index contributed by atoms with van der Waals surface area (Å²) >= 11 is 6.57. The molecule has 0 radical (unpaired) electrons. The molecule has 3 aromatic rings. The van der Waals surface area contributed by atoms with Crippen LogP contribution in [-0.2, 0) is 4.79 Å². The summed E-state index contributed by atoms with van der Waals surface area (Å²) in [6.07, 6.45) is 0.522. The molecule has 1 aromatic heterocycles. The summed E-state index contributed by atoms with van der Waals surface area (Å²) in [5.41, 5.74) is 4.33. The van der Waals surface area contributed by atoms with Crippen LogP contribution in [-0.4, -0.2) is 35.8 Å². The minimum absolute atomic E-state index is 0.157. The van der Waals surface area contributed by atoms with Crippen molar-refractivity contribution >= 4 is 34.1 Å². The van der Waals surface area contributed by atoms with Crippen molar-refractivity contribution in [3.8, 4) is 11.5 Å². The second kappa shape index (κ2) is 7.95. The molecule has 0 N–H and O–H groups in total. The van der Waals surface area contributed by atoms with Crippen LogP contribution in [0.4, 0.5) is 0 Å². The number of hydrazone groups is 1. The fraction of sp³-hybridized carbons (Fsp3) is 0.261. The van der Waals surface area contributed by atoms with E-state index >= 15 is 0 Å². The van der Waals surface area contributed by atoms with E-state index in [1.807, 2.05) is 49.4 Å². The maximum Gasteiger partial charge on any atom is 0.240 e. The zero-order valence-corrected chi connectivity index (χ0v) is 18.0. The van der Waals surface area contributed by atoms with Crippen molar-refractivity contribution in [3.63, 3.8) is 0 Å². The average molecular weight is 424 g/mol. The van der Waals surface area contributed by atoms with E-state index in [-0.39, 0.29) is 11.9 Å². The van der Waals surface area contributed by atoms with Gasteiger partial charge in [-0.15, -0.1) is 0 Å². The Morgan fingerprint density at radius 2 is 1.90 bits per heavy atom. The molecule has 30 heavy (non-hydrogen) atoms. The van der Waals surface area contributed by atoms with Gasteiger partial charge in [0.05, 0.1) is 31.5 Å². The molecule has 0 aliphatic carbocycles. The molecule has 154 valence electrons. The highest BCUT2D eigenvalue weighted by molar-refractivity contribution is 6.30. The van der Waals surface area contributed by atoms with E-state index in [1.54, 1.807) is 14.2 Å². The van der Waals surface area contributed by atoms with E-state index in [0.29, 0.717) is 23.1 Å². The van der Waals surface area contributed by atoms with Crippen molar-refractivity contribution in [1.82, 2.24) is 9.99 Å². The van der Waals surface area contributed by atoms with E-state index in [0.717, 1.165) is 33.3 Å². The Bertz CT molecular complexity index is 1180. The van der Waals surface area contributed by atoms with Crippen LogP contribution in [0.1, 0.15) is 36.1 Å². The van der Waals surface area contributed by atoms with Crippen LogP contribution in [0.25, 0.3) is 10.9 Å². The van der Waals surface area contributed by atoms with Crippen molar-refractivity contribution in [2.75, 3.05) is 14.2 Å². The lowest BCUT2D eigenvalue weighted by atomic mass is 9.97. The summed E-state index contributed by atoms with van der Waals surface area (Å²) in [7, 11) is 3.18. The summed E-state index contributed by atoms with van der Waals surface area (Å²) in [5, 5.41) is 7.46. The molecule has 0 saturated carbocycles. The van der Waals surface area contributed by atoms with Crippen LogP contribution in [0.3, 0.4) is 0 Å². The number of aryl methyl sites for hydroxylation is 1. The molecule has 0 unspecified atom stereocenters. The Kier molecular flexibility index (Phi) is 5.35. The van der Waals surface area contributed by atoms with Gasteiger partial charge in [0.2, 0.25) is 5.91 Å². The zero-order valence-electron chi connectivity index (χ0n) is 17.3. The van der Waals surface area contributed by atoms with Gasteiger partial charge in [-0.1, -0.05) is 29.8 Å². The highest BCUT2D eigenvalue weighted by Crippen LogP contribution is 2.38. The number of amides is 1. The Morgan fingerprint density at radius 3 is 2.60 bits per heavy atom. The molecule has 1 aliphatic rings. The summed E-state index contributed by atoms with van der Waals surface area (Å²) in [4.78, 5) is 17.0. The van der Waals surface area contributed by atoms with Gasteiger partial charge >= 0.3 is 0 Å². The molecule has 1 atom stereocenters. The quantitative estimate of drug-likeness (QED) is 0.559. The number of nitrogens with zero attached hydrogens (tertiary/aromatic N) is 3. The third-order valence-corrected chi connectivity index (χ3v) is 5.64. The van der Waals surface area contributed by atoms with E-state index in [4.69, 9.17) is 21.1 Å². The van der Waals surface area contributed by atoms with E-state index in [9.17, 15) is 4.79 Å². The Morgan fingerprint density at radius 1 is 1.13 bits per heavy atom. The van der Waals surface area contributed by atoms with Gasteiger partial charge < -0.3 is 9.47 Å². The van der Waals surface area contributed by atoms with Gasteiger partial charge in [0, 0.05) is 29.9 Å². The minimum Gasteiger partial charge on any atom is -0.493 e. The molecular formula is C23H22ClN3O3. The van der Waals surface area contributed by atoms with Gasteiger partial charge in [-0.3, -0.25) is 4.79 Å². The molecule has 0 spiro atoms. The Balaban J connectivity index is 1.75. The first-order valence-corrected chi connectivity index (χ1v) is 9.96. The number of ether oxygens (including phenoxy) is 2. The van der Waals surface area contributed by atoms with Crippen LogP contribution < -0.4 is 9.47 Å². The first kappa shape index (κ1) is 20.2. The molecule has 1 aliphatic heterocycles. The topological polar surface area (TPSA) is 64.0 Å². The number of methoxy groups -OCH3 is 2. The molecule has 0 fully saturated rings. The first-order valence-electron chi connectivity index (χ1n) is 9.58. The number of para-hydroxylation sites is 1. The summed E-state index contributed by atoms with van der Waals surface area (Å²) in [6, 6.07) is 13.3. The number of fused-ring (bicyclic) bond motifs is 1. The van der Waals surface area contributed by atoms with Gasteiger partial charge in [0.15, 0.2) is 11.5 Å². The van der Waals surface area contributed by atoms with Crippen LogP contribution in [0.2, 0.25) is 5.15 Å². The number of hydrogen-bond donors (Lipinski definition) is 0. The molecule has 2 heterocycles. The minimum atomic E-state index is -0.324. The maximum absolute atomic E-state index is 12.4. The van der Waals surface area contributed by atoms with Gasteiger partial charge in [-0.05, 0) is 36.8 Å². The molecule has 0 saturated heterocycles. The van der Waals surface area contributed by atoms with Crippen molar-refractivity contribution < 1.29 is 14.3 Å². The highest BCUT2D eigenvalue weighted by Gasteiger charge is 2.33. The Hall–Kier alpha value is -3.12. The molecule has 6 nitrogen and oxygen atoms in total. The zero-order chi connectivity index (χ0) is 21.4. The fourth-order valence-electron chi connectivity index (χ4n) is 3.81. The smallest absolute Gasteiger partial charge is 0.240 e. The normalized spacial score (nSPS) is 16.0. The predicted molar refractivity (Wildman–Crippen MR) is 117 cm³/mol. The summed E-state index contributed by atoms with van der Waals surface area (Å²) < 4.78 is 10.7. The SMILES string of the molecule is COc1ccc(C2=NN(C(C)=O)[C@H](c3cc4cccc(C)c4nc3Cl)C2)cc1OC. The maximum atomic E-state index is 12.4. The number of carbonyl (C=O) groups is 1. The molecule has 4 rings (SSSR count). The van der Waals surface area contributed by atoms with Crippen LogP contribution in [0, 0.1) is 6.92 Å². The molecule has 0 bridgehead atoms. The van der Waals surface area contributed by atoms with Crippen LogP contribution in [0.15, 0.2) is 47.6 Å². The second-order valence-corrected chi connectivity index (χ2v) is 7.57. The molecule has 7 heteroatoms. The summed E-state index contributed by atoms with van der Waals surface area (Å²) in [6.45, 7) is 3.50. The lowest BCUT2D eigenvalue weighted by molar-refractivity contribution is -0.130. The number of pyridine rings is 1. The number of aromatic nitrogens is 1. The van der Waals surface area contributed by atoms with Crippen molar-refractivity contribution in [3.05, 3.63) is 64.3 Å². The monoisotopic (exact) mass is 423 g/mol. The molecular weight excluding hydrogens is 402 g/mol. The third-order valence-electron chi connectivity index (χ3n) is 5.34. The standard InChI is InChI=1S/C23H22ClN3O3/c1-13-6-5-7-16-10-17(23(24)25-22(13)16)19-12-18(26-27(19)14(2)28)15-8-9-20(29-3)21(11-15)30-4/h5-11,19H,12H2,1-4H3/t19-/m0/s1. The van der Waals surface area contributed by atoms with Gasteiger partial charge in [-0.2, -0.15) is 5.10 Å². The number of rotatable bonds is 4. The van der Waals surface area contributed by atoms with Crippen LogP contribution in [0.5, 0.6) is 11.5 Å². The Labute approximate surface area is 180 Å².